The number of aliphatic carboxylic acids is 1. The monoisotopic (exact) mass is 256 g/mol. The Hall–Kier alpha value is -1.47. The number of hydrogen-bond acceptors (Lipinski definition) is 2. The fourth-order valence-electron chi connectivity index (χ4n) is 1.06. The van der Waals surface area contributed by atoms with Gasteiger partial charge in [-0.3, -0.25) is 0 Å². The van der Waals surface area contributed by atoms with Gasteiger partial charge in [-0.25, -0.2) is 9.59 Å². The summed E-state index contributed by atoms with van der Waals surface area (Å²) in [6.45, 7) is 0.349. The summed E-state index contributed by atoms with van der Waals surface area (Å²) >= 11 is 0. The maximum absolute atomic E-state index is 11.8. The van der Waals surface area contributed by atoms with E-state index in [1.807, 2.05) is 12.2 Å². The largest absolute Gasteiger partial charge is 0.480 e. The van der Waals surface area contributed by atoms with Crippen molar-refractivity contribution < 1.29 is 27.9 Å². The number of unbranched alkanes of at least 4 members (excludes halogenated alkanes) is 1. The predicted molar refractivity (Wildman–Crippen MR) is 53.5 cm³/mol. The van der Waals surface area contributed by atoms with E-state index < -0.39 is 30.8 Å². The van der Waals surface area contributed by atoms with Gasteiger partial charge in [0.15, 0.2) is 0 Å². The van der Waals surface area contributed by atoms with Crippen LogP contribution in [0.4, 0.5) is 18.0 Å². The second-order valence-electron chi connectivity index (χ2n) is 3.48. The average Bonchev–Trinajstić information content (AvgIpc) is 2.19. The van der Waals surface area contributed by atoms with E-state index in [1.54, 1.807) is 5.32 Å². The van der Waals surface area contributed by atoms with Crippen LogP contribution in [0.2, 0.25) is 0 Å². The molecule has 0 aliphatic heterocycles. The van der Waals surface area contributed by atoms with Crippen LogP contribution < -0.4 is 10.6 Å². The Labute approximate surface area is 96.4 Å². The minimum Gasteiger partial charge on any atom is -0.480 e. The minimum atomic E-state index is -4.51. The fraction of sp³-hybridized carbons (Fsp3) is 0.778. The SMILES string of the molecule is CCCC[C@@H](NC(=O)NCC(F)(F)F)C(=O)O. The lowest BCUT2D eigenvalue weighted by atomic mass is 10.1. The highest BCUT2D eigenvalue weighted by Crippen LogP contribution is 2.12. The van der Waals surface area contributed by atoms with Gasteiger partial charge in [-0.1, -0.05) is 19.8 Å². The van der Waals surface area contributed by atoms with E-state index in [-0.39, 0.29) is 6.42 Å². The number of amides is 2. The number of nitrogens with one attached hydrogen (secondary N) is 2. The highest BCUT2D eigenvalue weighted by Gasteiger charge is 2.28. The molecule has 0 bridgehead atoms. The summed E-state index contributed by atoms with van der Waals surface area (Å²) < 4.78 is 35.3. The first kappa shape index (κ1) is 15.5. The lowest BCUT2D eigenvalue weighted by Crippen LogP contribution is -2.48. The molecule has 0 saturated carbocycles. The van der Waals surface area contributed by atoms with Crippen LogP contribution in [0, 0.1) is 0 Å². The van der Waals surface area contributed by atoms with Crippen molar-refractivity contribution in [3.05, 3.63) is 0 Å². The summed E-state index contributed by atoms with van der Waals surface area (Å²) in [5.74, 6) is -1.26. The van der Waals surface area contributed by atoms with Crippen LogP contribution in [0.3, 0.4) is 0 Å². The van der Waals surface area contributed by atoms with Crippen LogP contribution in [0.1, 0.15) is 26.2 Å². The number of carboxylic acid groups (broad SMARTS) is 1. The topological polar surface area (TPSA) is 78.4 Å². The van der Waals surface area contributed by atoms with E-state index >= 15 is 0 Å². The van der Waals surface area contributed by atoms with E-state index in [4.69, 9.17) is 5.11 Å². The molecule has 0 aliphatic carbocycles. The second-order valence-corrected chi connectivity index (χ2v) is 3.48. The molecule has 8 heteroatoms. The van der Waals surface area contributed by atoms with Crippen molar-refractivity contribution in [1.82, 2.24) is 10.6 Å². The zero-order valence-corrected chi connectivity index (χ0v) is 9.30. The van der Waals surface area contributed by atoms with Gasteiger partial charge < -0.3 is 15.7 Å². The molecular formula is C9H15F3N2O3. The quantitative estimate of drug-likeness (QED) is 0.673. The Balaban J connectivity index is 4.08. The summed E-state index contributed by atoms with van der Waals surface area (Å²) in [6.07, 6.45) is -3.03. The molecule has 100 valence electrons. The number of carbonyl (C=O) groups excluding carboxylic acids is 1. The molecule has 3 N–H and O–H groups in total. The number of hydrogen-bond donors (Lipinski definition) is 3. The molecular weight excluding hydrogens is 241 g/mol. The molecule has 5 nitrogen and oxygen atoms in total. The van der Waals surface area contributed by atoms with Crippen molar-refractivity contribution in [3.8, 4) is 0 Å². The van der Waals surface area contributed by atoms with Crippen molar-refractivity contribution in [2.75, 3.05) is 6.54 Å². The number of urea groups is 1. The number of carboxylic acids is 1. The Morgan fingerprint density at radius 2 is 1.94 bits per heavy atom. The van der Waals surface area contributed by atoms with E-state index in [1.165, 1.54) is 0 Å². The van der Waals surface area contributed by atoms with Gasteiger partial charge in [-0.2, -0.15) is 13.2 Å². The third-order valence-electron chi connectivity index (χ3n) is 1.90. The molecule has 0 aromatic heterocycles. The van der Waals surface area contributed by atoms with Gasteiger partial charge in [0.25, 0.3) is 0 Å². The van der Waals surface area contributed by atoms with E-state index in [2.05, 4.69) is 0 Å². The van der Waals surface area contributed by atoms with Gasteiger partial charge in [-0.05, 0) is 6.42 Å². The average molecular weight is 256 g/mol. The van der Waals surface area contributed by atoms with Crippen molar-refractivity contribution in [3.63, 3.8) is 0 Å². The predicted octanol–water partition coefficient (Wildman–Crippen LogP) is 1.49. The number of halogens is 3. The van der Waals surface area contributed by atoms with Crippen LogP contribution in [0.5, 0.6) is 0 Å². The van der Waals surface area contributed by atoms with Gasteiger partial charge in [0.05, 0.1) is 0 Å². The molecule has 2 amide bonds. The maximum atomic E-state index is 11.8. The smallest absolute Gasteiger partial charge is 0.405 e. The fourth-order valence-corrected chi connectivity index (χ4v) is 1.06. The first-order valence-corrected chi connectivity index (χ1v) is 5.10. The van der Waals surface area contributed by atoms with Crippen LogP contribution in [0.25, 0.3) is 0 Å². The lowest BCUT2D eigenvalue weighted by Gasteiger charge is -2.15. The van der Waals surface area contributed by atoms with E-state index in [0.29, 0.717) is 6.42 Å². The number of rotatable bonds is 6. The van der Waals surface area contributed by atoms with Crippen LogP contribution in [0.15, 0.2) is 0 Å². The molecule has 0 rings (SSSR count). The summed E-state index contributed by atoms with van der Waals surface area (Å²) in [7, 11) is 0. The van der Waals surface area contributed by atoms with Gasteiger partial charge in [-0.15, -0.1) is 0 Å². The molecule has 0 aliphatic rings. The van der Waals surface area contributed by atoms with Crippen molar-refractivity contribution in [2.45, 2.75) is 38.4 Å². The molecule has 0 aromatic carbocycles. The standard InChI is InChI=1S/C9H15F3N2O3/c1-2-3-4-6(7(15)16)14-8(17)13-5-9(10,11)12/h6H,2-5H2,1H3,(H,15,16)(H2,13,14,17)/t6-/m1/s1. The highest BCUT2D eigenvalue weighted by molar-refractivity contribution is 5.82. The summed E-state index contributed by atoms with van der Waals surface area (Å²) in [5.41, 5.74) is 0. The molecule has 0 heterocycles. The second kappa shape index (κ2) is 6.97. The summed E-state index contributed by atoms with van der Waals surface area (Å²) in [5, 5.41) is 12.2. The normalized spacial score (nSPS) is 12.9. The Kier molecular flexibility index (Phi) is 6.37. The molecule has 0 unspecified atom stereocenters. The molecule has 0 fully saturated rings. The van der Waals surface area contributed by atoms with Gasteiger partial charge in [0.2, 0.25) is 0 Å². The molecule has 1 atom stereocenters. The Morgan fingerprint density at radius 1 is 1.35 bits per heavy atom. The zero-order chi connectivity index (χ0) is 13.5. The third-order valence-corrected chi connectivity index (χ3v) is 1.90. The summed E-state index contributed by atoms with van der Waals surface area (Å²) in [6, 6.07) is -2.30. The Bertz CT molecular complexity index is 269. The minimum absolute atomic E-state index is 0.186. The van der Waals surface area contributed by atoms with Crippen LogP contribution in [-0.2, 0) is 4.79 Å². The van der Waals surface area contributed by atoms with Gasteiger partial charge >= 0.3 is 18.2 Å². The van der Waals surface area contributed by atoms with Crippen LogP contribution >= 0.6 is 0 Å². The lowest BCUT2D eigenvalue weighted by molar-refractivity contribution is -0.139. The van der Waals surface area contributed by atoms with E-state index in [0.717, 1.165) is 6.42 Å². The summed E-state index contributed by atoms with van der Waals surface area (Å²) in [4.78, 5) is 21.7. The zero-order valence-electron chi connectivity index (χ0n) is 9.30. The number of alkyl halides is 3. The van der Waals surface area contributed by atoms with Crippen molar-refractivity contribution in [2.24, 2.45) is 0 Å². The third kappa shape index (κ3) is 8.35. The van der Waals surface area contributed by atoms with Crippen LogP contribution in [-0.4, -0.2) is 35.9 Å². The molecule has 0 spiro atoms. The van der Waals surface area contributed by atoms with Gasteiger partial charge in [0.1, 0.15) is 12.6 Å². The van der Waals surface area contributed by atoms with Crippen molar-refractivity contribution >= 4 is 12.0 Å². The van der Waals surface area contributed by atoms with Gasteiger partial charge in [0, 0.05) is 0 Å². The Morgan fingerprint density at radius 3 is 2.35 bits per heavy atom. The molecule has 0 radical (unpaired) electrons. The molecule has 0 saturated heterocycles. The van der Waals surface area contributed by atoms with E-state index in [9.17, 15) is 22.8 Å². The number of carbonyl (C=O) groups is 2. The molecule has 0 aromatic rings. The first-order valence-electron chi connectivity index (χ1n) is 5.10. The molecule has 17 heavy (non-hydrogen) atoms. The maximum Gasteiger partial charge on any atom is 0.405 e. The first-order chi connectivity index (χ1) is 7.76. The van der Waals surface area contributed by atoms with Crippen molar-refractivity contribution in [1.29, 1.82) is 0 Å². The highest BCUT2D eigenvalue weighted by atomic mass is 19.4.